The summed E-state index contributed by atoms with van der Waals surface area (Å²) in [6.07, 6.45) is -0.133. The molecule has 2 aromatic rings. The number of sulfonamides is 1. The molecule has 31 heavy (non-hydrogen) atoms. The van der Waals surface area contributed by atoms with E-state index in [-0.39, 0.29) is 17.3 Å². The number of carbonyl (C=O) groups is 1. The maximum Gasteiger partial charge on any atom is 0.243 e. The summed E-state index contributed by atoms with van der Waals surface area (Å²) in [5.74, 6) is 1.000. The highest BCUT2D eigenvalue weighted by molar-refractivity contribution is 7.89. The molecule has 0 aromatic heterocycles. The third-order valence-corrected chi connectivity index (χ3v) is 7.43. The van der Waals surface area contributed by atoms with Crippen molar-refractivity contribution in [1.29, 1.82) is 0 Å². The summed E-state index contributed by atoms with van der Waals surface area (Å²) in [5, 5.41) is 0. The number of carbonyl (C=O) groups excluding carboxylic acids is 1. The number of hydrogen-bond donors (Lipinski definition) is 0. The van der Waals surface area contributed by atoms with Crippen molar-refractivity contribution in [2.75, 3.05) is 40.0 Å². The van der Waals surface area contributed by atoms with E-state index in [9.17, 15) is 13.2 Å². The maximum absolute atomic E-state index is 13.5. The van der Waals surface area contributed by atoms with Gasteiger partial charge in [0, 0.05) is 19.5 Å². The minimum absolute atomic E-state index is 0.101. The maximum atomic E-state index is 13.5. The van der Waals surface area contributed by atoms with Gasteiger partial charge < -0.3 is 19.1 Å². The van der Waals surface area contributed by atoms with Gasteiger partial charge in [0.25, 0.3) is 0 Å². The van der Waals surface area contributed by atoms with Crippen LogP contribution in [0.25, 0.3) is 0 Å². The minimum atomic E-state index is -3.90. The van der Waals surface area contributed by atoms with E-state index in [0.717, 1.165) is 0 Å². The number of benzene rings is 2. The van der Waals surface area contributed by atoms with Crippen molar-refractivity contribution >= 4 is 15.9 Å². The lowest BCUT2D eigenvalue weighted by Gasteiger charge is -2.31. The smallest absolute Gasteiger partial charge is 0.243 e. The van der Waals surface area contributed by atoms with Crippen molar-refractivity contribution in [3.63, 3.8) is 0 Å². The van der Waals surface area contributed by atoms with Gasteiger partial charge in [0.15, 0.2) is 0 Å². The summed E-state index contributed by atoms with van der Waals surface area (Å²) < 4.78 is 44.7. The third-order valence-electron chi connectivity index (χ3n) is 5.54. The van der Waals surface area contributed by atoms with Crippen LogP contribution < -0.4 is 9.47 Å². The van der Waals surface area contributed by atoms with Gasteiger partial charge in [-0.1, -0.05) is 18.2 Å². The third kappa shape index (κ3) is 4.68. The van der Waals surface area contributed by atoms with E-state index in [4.69, 9.17) is 14.2 Å². The second-order valence-corrected chi connectivity index (χ2v) is 9.38. The molecule has 2 heterocycles. The second kappa shape index (κ2) is 9.25. The van der Waals surface area contributed by atoms with Crippen LogP contribution in [-0.4, -0.2) is 75.6 Å². The summed E-state index contributed by atoms with van der Waals surface area (Å²) in [5.41, 5.74) is 0. The fraction of sp³-hybridized carbons (Fsp3) is 0.409. The molecule has 2 aliphatic heterocycles. The quantitative estimate of drug-likeness (QED) is 0.672. The molecular formula is C22H26N2O6S. The van der Waals surface area contributed by atoms with Crippen LogP contribution in [0.2, 0.25) is 0 Å². The van der Waals surface area contributed by atoms with Crippen LogP contribution >= 0.6 is 0 Å². The molecule has 0 unspecified atom stereocenters. The average Bonchev–Trinajstić information content (AvgIpc) is 3.24. The number of para-hydroxylation sites is 1. The molecule has 4 rings (SSSR count). The Labute approximate surface area is 182 Å². The number of ether oxygens (including phenoxy) is 3. The minimum Gasteiger partial charge on any atom is -0.497 e. The lowest BCUT2D eigenvalue weighted by molar-refractivity contribution is -0.138. The molecule has 0 N–H and O–H groups in total. The normalized spacial score (nSPS) is 22.3. The zero-order valence-electron chi connectivity index (χ0n) is 17.3. The molecule has 2 saturated heterocycles. The first kappa shape index (κ1) is 21.6. The van der Waals surface area contributed by atoms with Crippen LogP contribution in [0, 0.1) is 0 Å². The Morgan fingerprint density at radius 1 is 1.00 bits per heavy atom. The predicted octanol–water partition coefficient (Wildman–Crippen LogP) is 1.76. The monoisotopic (exact) mass is 446 g/mol. The second-order valence-electron chi connectivity index (χ2n) is 7.49. The highest BCUT2D eigenvalue weighted by Crippen LogP contribution is 2.31. The number of hydrogen-bond acceptors (Lipinski definition) is 6. The predicted molar refractivity (Wildman–Crippen MR) is 114 cm³/mol. The zero-order valence-corrected chi connectivity index (χ0v) is 18.2. The summed E-state index contributed by atoms with van der Waals surface area (Å²) in [7, 11) is -2.38. The van der Waals surface area contributed by atoms with E-state index in [1.807, 2.05) is 30.3 Å². The van der Waals surface area contributed by atoms with Gasteiger partial charge in [0.05, 0.1) is 31.8 Å². The first-order chi connectivity index (χ1) is 15.0. The van der Waals surface area contributed by atoms with Crippen LogP contribution in [0.4, 0.5) is 0 Å². The SMILES string of the molecule is COc1ccc(S(=O)(=O)N2C[C@@H](Oc3ccccc3)C[C@@H]2C(=O)N2CCOCC2)cc1. The fourth-order valence-corrected chi connectivity index (χ4v) is 5.54. The molecule has 2 aromatic carbocycles. The molecule has 166 valence electrons. The number of methoxy groups -OCH3 is 1. The topological polar surface area (TPSA) is 85.4 Å². The molecule has 2 atom stereocenters. The molecule has 8 nitrogen and oxygen atoms in total. The Balaban J connectivity index is 1.61. The summed E-state index contributed by atoms with van der Waals surface area (Å²) >= 11 is 0. The van der Waals surface area contributed by atoms with E-state index < -0.39 is 22.2 Å². The summed E-state index contributed by atoms with van der Waals surface area (Å²) in [4.78, 5) is 15.1. The van der Waals surface area contributed by atoms with E-state index in [1.165, 1.54) is 23.5 Å². The molecule has 0 saturated carbocycles. The van der Waals surface area contributed by atoms with E-state index in [1.54, 1.807) is 17.0 Å². The first-order valence-corrected chi connectivity index (χ1v) is 11.7. The van der Waals surface area contributed by atoms with E-state index in [2.05, 4.69) is 0 Å². The zero-order chi connectivity index (χ0) is 21.8. The van der Waals surface area contributed by atoms with Gasteiger partial charge in [-0.15, -0.1) is 0 Å². The van der Waals surface area contributed by atoms with Crippen LogP contribution in [0.3, 0.4) is 0 Å². The lowest BCUT2D eigenvalue weighted by atomic mass is 10.1. The van der Waals surface area contributed by atoms with Crippen molar-refractivity contribution in [2.24, 2.45) is 0 Å². The van der Waals surface area contributed by atoms with Gasteiger partial charge in [0.2, 0.25) is 15.9 Å². The average molecular weight is 447 g/mol. The molecule has 2 aliphatic rings. The Bertz CT molecular complexity index is 990. The van der Waals surface area contributed by atoms with Crippen molar-refractivity contribution in [1.82, 2.24) is 9.21 Å². The lowest BCUT2D eigenvalue weighted by Crippen LogP contribution is -2.50. The van der Waals surface area contributed by atoms with Crippen molar-refractivity contribution in [3.8, 4) is 11.5 Å². The molecular weight excluding hydrogens is 420 g/mol. The van der Waals surface area contributed by atoms with Crippen molar-refractivity contribution in [3.05, 3.63) is 54.6 Å². The Morgan fingerprint density at radius 2 is 1.68 bits per heavy atom. The van der Waals surface area contributed by atoms with Gasteiger partial charge >= 0.3 is 0 Å². The molecule has 0 spiro atoms. The van der Waals surface area contributed by atoms with E-state index >= 15 is 0 Å². The largest absolute Gasteiger partial charge is 0.497 e. The van der Waals surface area contributed by atoms with Crippen molar-refractivity contribution in [2.45, 2.75) is 23.5 Å². The number of amides is 1. The molecule has 0 aliphatic carbocycles. The fourth-order valence-electron chi connectivity index (χ4n) is 3.91. The summed E-state index contributed by atoms with van der Waals surface area (Å²) in [6, 6.07) is 14.6. The molecule has 1 amide bonds. The Hall–Kier alpha value is -2.62. The van der Waals surface area contributed by atoms with E-state index in [0.29, 0.717) is 44.2 Å². The number of morpholine rings is 1. The van der Waals surface area contributed by atoms with Gasteiger partial charge in [-0.3, -0.25) is 4.79 Å². The van der Waals surface area contributed by atoms with Gasteiger partial charge in [-0.25, -0.2) is 8.42 Å². The molecule has 9 heteroatoms. The molecule has 2 fully saturated rings. The molecule has 0 bridgehead atoms. The Kier molecular flexibility index (Phi) is 6.45. The molecule has 0 radical (unpaired) electrons. The first-order valence-electron chi connectivity index (χ1n) is 10.2. The van der Waals surface area contributed by atoms with Crippen molar-refractivity contribution < 1.29 is 27.4 Å². The van der Waals surface area contributed by atoms with Gasteiger partial charge in [-0.2, -0.15) is 4.31 Å². The van der Waals surface area contributed by atoms with Crippen LogP contribution in [0.1, 0.15) is 6.42 Å². The van der Waals surface area contributed by atoms with Crippen LogP contribution in [0.5, 0.6) is 11.5 Å². The van der Waals surface area contributed by atoms with Gasteiger partial charge in [0.1, 0.15) is 23.6 Å². The highest BCUT2D eigenvalue weighted by Gasteiger charge is 2.46. The van der Waals surface area contributed by atoms with Crippen LogP contribution in [0.15, 0.2) is 59.5 Å². The Morgan fingerprint density at radius 3 is 2.32 bits per heavy atom. The summed E-state index contributed by atoms with van der Waals surface area (Å²) in [6.45, 7) is 1.91. The van der Waals surface area contributed by atoms with Crippen LogP contribution in [-0.2, 0) is 19.6 Å². The number of rotatable bonds is 6. The highest BCUT2D eigenvalue weighted by atomic mass is 32.2. The standard InChI is InChI=1S/C22H26N2O6S/c1-28-17-7-9-20(10-8-17)31(26,27)24-16-19(30-18-5-3-2-4-6-18)15-21(24)22(25)23-11-13-29-14-12-23/h2-10,19,21H,11-16H2,1H3/t19-,21+/m0/s1. The van der Waals surface area contributed by atoms with Gasteiger partial charge in [-0.05, 0) is 36.4 Å². The number of nitrogens with zero attached hydrogens (tertiary/aromatic N) is 2.